The van der Waals surface area contributed by atoms with E-state index in [1.165, 1.54) is 30.4 Å². The lowest BCUT2D eigenvalue weighted by Gasteiger charge is -2.31. The van der Waals surface area contributed by atoms with Crippen molar-refractivity contribution >= 4 is 23.4 Å². The maximum absolute atomic E-state index is 13.3. The third-order valence-corrected chi connectivity index (χ3v) is 5.91. The average Bonchev–Trinajstić information content (AvgIpc) is 2.97. The molecule has 2 aromatic rings. The van der Waals surface area contributed by atoms with Crippen LogP contribution in [0.15, 0.2) is 36.0 Å². The Kier molecular flexibility index (Phi) is 5.32. The van der Waals surface area contributed by atoms with Gasteiger partial charge in [0.05, 0.1) is 5.56 Å². The van der Waals surface area contributed by atoms with Crippen LogP contribution in [0.2, 0.25) is 0 Å². The summed E-state index contributed by atoms with van der Waals surface area (Å²) >= 11 is 0. The summed E-state index contributed by atoms with van der Waals surface area (Å²) in [6.07, 6.45) is -6.48. The summed E-state index contributed by atoms with van der Waals surface area (Å²) in [7, 11) is 1.45. The number of carbonyl (C=O) groups excluding carboxylic acids is 2. The quantitative estimate of drug-likeness (QED) is 0.697. The van der Waals surface area contributed by atoms with E-state index in [9.17, 15) is 33.0 Å². The number of fused-ring (bicyclic) bond motifs is 1. The number of carbonyl (C=O) groups is 1. The Morgan fingerprint density at radius 2 is 1.88 bits per heavy atom. The van der Waals surface area contributed by atoms with Crippen LogP contribution in [0, 0.1) is 6.92 Å². The van der Waals surface area contributed by atoms with E-state index in [1.807, 2.05) is 12.1 Å². The van der Waals surface area contributed by atoms with Gasteiger partial charge in [0.1, 0.15) is 35.7 Å². The number of halogens is 3. The molecule has 0 unspecified atom stereocenters. The van der Waals surface area contributed by atoms with Crippen LogP contribution in [0.1, 0.15) is 22.4 Å². The van der Waals surface area contributed by atoms with E-state index in [2.05, 4.69) is 4.98 Å². The van der Waals surface area contributed by atoms with Crippen LogP contribution in [0.25, 0.3) is 0 Å². The number of hydrogen-bond acceptors (Lipinski definition) is 6. The molecule has 1 aliphatic carbocycles. The number of anilines is 2. The number of aliphatic hydroxyl groups is 2. The number of aliphatic hydroxyl groups excluding tert-OH is 2. The Labute approximate surface area is 181 Å². The molecule has 1 aliphatic heterocycles. The van der Waals surface area contributed by atoms with Crippen molar-refractivity contribution in [2.75, 3.05) is 16.8 Å². The Bertz CT molecular complexity index is 1140. The number of pyridine rings is 1. The minimum absolute atomic E-state index is 0.0159. The maximum Gasteiger partial charge on any atom is 0.416 e. The van der Waals surface area contributed by atoms with Gasteiger partial charge in [0.2, 0.25) is 0 Å². The summed E-state index contributed by atoms with van der Waals surface area (Å²) < 4.78 is 40.0. The first-order valence-electron chi connectivity index (χ1n) is 9.88. The maximum atomic E-state index is 13.3. The monoisotopic (exact) mass is 447 g/mol. The number of alkyl halides is 3. The largest absolute Gasteiger partial charge is 0.416 e. The smallest absolute Gasteiger partial charge is 0.387 e. The SMILES string of the molecule is Cc1cc(C(F)(F)F)cc(N2C(=C=O)[C@H](O)[C@@H](O)[C@H]2C(=O)N(C)c2ccc3c(c2)CC3)n1. The molecule has 4 rings (SSSR count). The summed E-state index contributed by atoms with van der Waals surface area (Å²) in [6, 6.07) is 5.34. The minimum atomic E-state index is -4.70. The molecule has 1 aromatic heterocycles. The molecule has 32 heavy (non-hydrogen) atoms. The van der Waals surface area contributed by atoms with E-state index in [-0.39, 0.29) is 5.69 Å². The fourth-order valence-corrected chi connectivity index (χ4v) is 4.07. The average molecular weight is 447 g/mol. The first-order chi connectivity index (χ1) is 15.0. The molecule has 1 aromatic carbocycles. The lowest BCUT2D eigenvalue weighted by molar-refractivity contribution is -0.137. The third kappa shape index (κ3) is 3.56. The molecule has 10 heteroatoms. The van der Waals surface area contributed by atoms with Crippen molar-refractivity contribution < 1.29 is 33.0 Å². The number of nitrogens with zero attached hydrogens (tertiary/aromatic N) is 3. The van der Waals surface area contributed by atoms with Gasteiger partial charge in [-0.3, -0.25) is 4.79 Å². The van der Waals surface area contributed by atoms with Crippen LogP contribution in [0.3, 0.4) is 0 Å². The molecular formula is C22H20F3N3O4. The number of aromatic nitrogens is 1. The molecule has 0 saturated carbocycles. The summed E-state index contributed by atoms with van der Waals surface area (Å²) in [6.45, 7) is 1.33. The van der Waals surface area contributed by atoms with Crippen LogP contribution < -0.4 is 9.80 Å². The highest BCUT2D eigenvalue weighted by Gasteiger charge is 2.51. The second-order valence-corrected chi connectivity index (χ2v) is 7.94. The second kappa shape index (κ2) is 7.74. The molecule has 1 fully saturated rings. The van der Waals surface area contributed by atoms with Crippen LogP contribution in [0.5, 0.6) is 0 Å². The molecule has 0 radical (unpaired) electrons. The number of likely N-dealkylation sites (N-methyl/N-ethyl adjacent to an activating group) is 1. The Morgan fingerprint density at radius 3 is 2.44 bits per heavy atom. The normalized spacial score (nSPS) is 22.3. The molecule has 7 nitrogen and oxygen atoms in total. The lowest BCUT2D eigenvalue weighted by atomic mass is 9.88. The highest BCUT2D eigenvalue weighted by molar-refractivity contribution is 6.01. The van der Waals surface area contributed by atoms with Gasteiger partial charge >= 0.3 is 6.18 Å². The number of benzene rings is 1. The van der Waals surface area contributed by atoms with Gasteiger partial charge in [0.15, 0.2) is 0 Å². The van der Waals surface area contributed by atoms with Crippen molar-refractivity contribution in [3.8, 4) is 0 Å². The zero-order valence-corrected chi connectivity index (χ0v) is 17.2. The van der Waals surface area contributed by atoms with Gasteiger partial charge < -0.3 is 20.0 Å². The van der Waals surface area contributed by atoms with Gasteiger partial charge in [-0.15, -0.1) is 0 Å². The van der Waals surface area contributed by atoms with Crippen LogP contribution in [-0.2, 0) is 28.6 Å². The fraction of sp³-hybridized carbons (Fsp3) is 0.364. The molecule has 1 saturated heterocycles. The second-order valence-electron chi connectivity index (χ2n) is 7.94. The molecule has 3 atom stereocenters. The molecule has 0 spiro atoms. The van der Waals surface area contributed by atoms with Crippen molar-refractivity contribution in [1.29, 1.82) is 0 Å². The Morgan fingerprint density at radius 1 is 1.19 bits per heavy atom. The van der Waals surface area contributed by atoms with Crippen molar-refractivity contribution in [3.63, 3.8) is 0 Å². The summed E-state index contributed by atoms with van der Waals surface area (Å²) in [5.41, 5.74) is 1.15. The number of rotatable bonds is 3. The van der Waals surface area contributed by atoms with Gasteiger partial charge in [-0.25, -0.2) is 9.78 Å². The first-order valence-corrected chi connectivity index (χ1v) is 9.88. The van der Waals surface area contributed by atoms with Gasteiger partial charge in [0.25, 0.3) is 5.91 Å². The number of hydrogen-bond donors (Lipinski definition) is 2. The van der Waals surface area contributed by atoms with Crippen molar-refractivity contribution in [1.82, 2.24) is 4.98 Å². The zero-order valence-electron chi connectivity index (χ0n) is 17.2. The number of amides is 1. The van der Waals surface area contributed by atoms with E-state index in [0.29, 0.717) is 11.8 Å². The predicted octanol–water partition coefficient (Wildman–Crippen LogP) is 1.80. The van der Waals surface area contributed by atoms with Crippen LogP contribution in [-0.4, -0.2) is 52.3 Å². The standard InChI is InChI=1S/C22H20F3N3O4/c1-11-7-14(22(23,24)25)9-17(26-11)28-16(10-29)19(30)20(31)18(28)21(32)27(2)15-6-5-12-3-4-13(12)8-15/h5-9,18-20,30-31H,3-4H2,1-2H3/t18-,19-,20-/m0/s1. The van der Waals surface area contributed by atoms with Crippen molar-refractivity contribution in [3.05, 3.63) is 58.4 Å². The van der Waals surface area contributed by atoms with Crippen molar-refractivity contribution in [2.24, 2.45) is 0 Å². The first kappa shape index (κ1) is 22.0. The molecule has 2 heterocycles. The summed E-state index contributed by atoms with van der Waals surface area (Å²) in [5.74, 6) is 0.333. The topological polar surface area (TPSA) is 94.0 Å². The van der Waals surface area contributed by atoms with E-state index >= 15 is 0 Å². The summed E-state index contributed by atoms with van der Waals surface area (Å²) in [4.78, 5) is 31.0. The summed E-state index contributed by atoms with van der Waals surface area (Å²) in [5, 5.41) is 20.9. The van der Waals surface area contributed by atoms with E-state index in [4.69, 9.17) is 0 Å². The molecule has 2 aliphatic rings. The van der Waals surface area contributed by atoms with Crippen molar-refractivity contribution in [2.45, 2.75) is 44.2 Å². The Hall–Kier alpha value is -3.20. The van der Waals surface area contributed by atoms with Crippen LogP contribution in [0.4, 0.5) is 24.7 Å². The van der Waals surface area contributed by atoms with Gasteiger partial charge in [0, 0.05) is 18.4 Å². The highest BCUT2D eigenvalue weighted by Crippen LogP contribution is 2.37. The molecule has 1 amide bonds. The van der Waals surface area contributed by atoms with Gasteiger partial charge in [-0.05, 0) is 55.2 Å². The highest BCUT2D eigenvalue weighted by atomic mass is 19.4. The molecule has 2 N–H and O–H groups in total. The van der Waals surface area contributed by atoms with Crippen LogP contribution >= 0.6 is 0 Å². The lowest BCUT2D eigenvalue weighted by Crippen LogP contribution is -2.50. The number of aryl methyl sites for hydroxylation is 3. The fourth-order valence-electron chi connectivity index (χ4n) is 4.07. The molecular weight excluding hydrogens is 427 g/mol. The van der Waals surface area contributed by atoms with E-state index in [1.54, 1.807) is 6.07 Å². The van der Waals surface area contributed by atoms with Gasteiger partial charge in [-0.1, -0.05) is 6.07 Å². The zero-order chi connectivity index (χ0) is 23.4. The van der Waals surface area contributed by atoms with E-state index in [0.717, 1.165) is 29.4 Å². The molecule has 168 valence electrons. The minimum Gasteiger partial charge on any atom is -0.387 e. The third-order valence-electron chi connectivity index (χ3n) is 5.91. The predicted molar refractivity (Wildman–Crippen MR) is 109 cm³/mol. The molecule has 0 bridgehead atoms. The van der Waals surface area contributed by atoms with E-state index < -0.39 is 47.4 Å². The Balaban J connectivity index is 1.77. The van der Waals surface area contributed by atoms with Gasteiger partial charge in [-0.2, -0.15) is 13.2 Å².